The van der Waals surface area contributed by atoms with Crippen LogP contribution >= 0.6 is 11.3 Å². The molecule has 0 saturated heterocycles. The van der Waals surface area contributed by atoms with Crippen LogP contribution in [0.5, 0.6) is 0 Å². The van der Waals surface area contributed by atoms with Gasteiger partial charge in [0.05, 0.1) is 0 Å². The molecule has 1 aromatic rings. The number of amides is 1. The number of hydrogen-bond acceptors (Lipinski definition) is 5. The molecule has 0 unspecified atom stereocenters. The second-order valence-electron chi connectivity index (χ2n) is 6.48. The fourth-order valence-electron chi connectivity index (χ4n) is 1.55. The Hall–Kier alpha value is -1.30. The molecule has 20 heavy (non-hydrogen) atoms. The van der Waals surface area contributed by atoms with Gasteiger partial charge >= 0.3 is 0 Å². The van der Waals surface area contributed by atoms with Crippen LogP contribution in [0.2, 0.25) is 0 Å². The molecule has 0 spiro atoms. The molecule has 1 aliphatic rings. The number of nitrogens with two attached hydrogens (primary N) is 1. The van der Waals surface area contributed by atoms with Crippen LogP contribution in [-0.4, -0.2) is 23.5 Å². The smallest absolute Gasteiger partial charge is 0.265 e. The molecule has 1 heterocycles. The van der Waals surface area contributed by atoms with E-state index in [0.29, 0.717) is 29.2 Å². The van der Waals surface area contributed by atoms with E-state index in [-0.39, 0.29) is 11.3 Å². The van der Waals surface area contributed by atoms with Crippen molar-refractivity contribution < 1.29 is 4.79 Å². The molecule has 2 rings (SSSR count). The summed E-state index contributed by atoms with van der Waals surface area (Å²) in [6.45, 7) is 9.24. The summed E-state index contributed by atoms with van der Waals surface area (Å²) < 4.78 is 0. The predicted molar refractivity (Wildman–Crippen MR) is 84.1 cm³/mol. The van der Waals surface area contributed by atoms with Gasteiger partial charge in [0.25, 0.3) is 5.91 Å². The summed E-state index contributed by atoms with van der Waals surface area (Å²) >= 11 is 1.34. The number of thiazole rings is 1. The Bertz CT molecular complexity index is 491. The summed E-state index contributed by atoms with van der Waals surface area (Å²) in [5, 5.41) is 6.99. The van der Waals surface area contributed by atoms with Crippen molar-refractivity contribution >= 4 is 28.2 Å². The van der Waals surface area contributed by atoms with Crippen molar-refractivity contribution in [3.8, 4) is 0 Å². The number of carbonyl (C=O) groups excluding carboxylic acids is 1. The predicted octanol–water partition coefficient (Wildman–Crippen LogP) is 2.71. The largest absolute Gasteiger partial charge is 0.382 e. The van der Waals surface area contributed by atoms with Crippen molar-refractivity contribution in [2.24, 2.45) is 11.3 Å². The van der Waals surface area contributed by atoms with Crippen LogP contribution in [0.4, 0.5) is 10.9 Å². The first-order valence-electron chi connectivity index (χ1n) is 7.10. The number of nitrogen functional groups attached to an aromatic ring is 1. The van der Waals surface area contributed by atoms with Crippen molar-refractivity contribution in [3.05, 3.63) is 4.88 Å². The van der Waals surface area contributed by atoms with E-state index in [0.717, 1.165) is 5.13 Å². The van der Waals surface area contributed by atoms with Gasteiger partial charge in [0.2, 0.25) is 0 Å². The lowest BCUT2D eigenvalue weighted by Crippen LogP contribution is -2.36. The molecule has 0 aliphatic heterocycles. The Morgan fingerprint density at radius 1 is 1.50 bits per heavy atom. The highest BCUT2D eigenvalue weighted by Gasteiger charge is 2.26. The van der Waals surface area contributed by atoms with Gasteiger partial charge in [-0.3, -0.25) is 4.79 Å². The highest BCUT2D eigenvalue weighted by atomic mass is 32.1. The maximum Gasteiger partial charge on any atom is 0.265 e. The molecule has 1 aliphatic carbocycles. The molecule has 1 amide bonds. The van der Waals surface area contributed by atoms with Crippen LogP contribution < -0.4 is 16.4 Å². The van der Waals surface area contributed by atoms with Crippen LogP contribution in [-0.2, 0) is 0 Å². The lowest BCUT2D eigenvalue weighted by Gasteiger charge is -2.29. The Balaban J connectivity index is 1.96. The summed E-state index contributed by atoms with van der Waals surface area (Å²) in [4.78, 5) is 16.9. The van der Waals surface area contributed by atoms with Gasteiger partial charge in [-0.2, -0.15) is 0 Å². The van der Waals surface area contributed by atoms with Crippen LogP contribution in [0, 0.1) is 11.3 Å². The van der Waals surface area contributed by atoms with Gasteiger partial charge in [-0.1, -0.05) is 39.0 Å². The highest BCUT2D eigenvalue weighted by Crippen LogP contribution is 2.31. The molecular formula is C14H24N4OS. The van der Waals surface area contributed by atoms with E-state index in [9.17, 15) is 4.79 Å². The number of rotatable bonds is 6. The first kappa shape index (κ1) is 15.1. The van der Waals surface area contributed by atoms with Crippen molar-refractivity contribution in [2.75, 3.05) is 17.6 Å². The minimum absolute atomic E-state index is 0.0597. The third-order valence-electron chi connectivity index (χ3n) is 4.03. The summed E-state index contributed by atoms with van der Waals surface area (Å²) in [5.74, 6) is 0.685. The number of hydrogen-bond donors (Lipinski definition) is 3. The molecule has 0 radical (unpaired) electrons. The number of nitrogens with zero attached hydrogens (tertiary/aromatic N) is 1. The topological polar surface area (TPSA) is 80.0 Å². The van der Waals surface area contributed by atoms with E-state index in [4.69, 9.17) is 5.73 Å². The van der Waals surface area contributed by atoms with Gasteiger partial charge in [-0.15, -0.1) is 0 Å². The van der Waals surface area contributed by atoms with Gasteiger partial charge in [-0.05, 0) is 24.2 Å². The number of carbonyl (C=O) groups is 1. The maximum atomic E-state index is 12.2. The average molecular weight is 296 g/mol. The molecule has 0 atom stereocenters. The fraction of sp³-hybridized carbons (Fsp3) is 0.714. The van der Waals surface area contributed by atoms with Crippen LogP contribution in [0.25, 0.3) is 0 Å². The normalized spacial score (nSPS) is 15.4. The van der Waals surface area contributed by atoms with Crippen molar-refractivity contribution in [3.63, 3.8) is 0 Å². The van der Waals surface area contributed by atoms with Gasteiger partial charge < -0.3 is 16.4 Å². The van der Waals surface area contributed by atoms with Crippen LogP contribution in [0.15, 0.2) is 0 Å². The minimum atomic E-state index is -0.127. The first-order valence-corrected chi connectivity index (χ1v) is 7.92. The third-order valence-corrected chi connectivity index (χ3v) is 5.03. The average Bonchev–Trinajstić information content (AvgIpc) is 3.09. The first-order chi connectivity index (χ1) is 9.29. The van der Waals surface area contributed by atoms with Crippen LogP contribution in [0.1, 0.15) is 50.2 Å². The molecule has 4 N–H and O–H groups in total. The summed E-state index contributed by atoms with van der Waals surface area (Å²) in [6.07, 6.45) is 2.34. The quantitative estimate of drug-likeness (QED) is 0.754. The standard InChI is InChI=1S/C14H24N4OS/c1-8(2)14(3,4)7-16-12(19)10-11(15)18-13(20-10)17-9-5-6-9/h8-9H,5-7,15H2,1-4H3,(H,16,19)(H,17,18). The van der Waals surface area contributed by atoms with E-state index < -0.39 is 0 Å². The lowest BCUT2D eigenvalue weighted by molar-refractivity contribution is 0.0929. The SMILES string of the molecule is CC(C)C(C)(C)CNC(=O)c1sc(NC2CC2)nc1N. The Kier molecular flexibility index (Phi) is 4.22. The zero-order chi connectivity index (χ0) is 14.9. The van der Waals surface area contributed by atoms with E-state index in [1.807, 2.05) is 0 Å². The molecule has 1 saturated carbocycles. The van der Waals surface area contributed by atoms with E-state index in [1.54, 1.807) is 0 Å². The van der Waals surface area contributed by atoms with Crippen molar-refractivity contribution in [1.82, 2.24) is 10.3 Å². The molecule has 0 aromatic carbocycles. The van der Waals surface area contributed by atoms with Gasteiger partial charge in [0.15, 0.2) is 5.13 Å². The van der Waals surface area contributed by atoms with E-state index in [1.165, 1.54) is 24.2 Å². The molecule has 112 valence electrons. The number of anilines is 2. The minimum Gasteiger partial charge on any atom is -0.382 e. The van der Waals surface area contributed by atoms with Crippen LogP contribution in [0.3, 0.4) is 0 Å². The highest BCUT2D eigenvalue weighted by molar-refractivity contribution is 7.18. The molecule has 0 bridgehead atoms. The van der Waals surface area contributed by atoms with Crippen molar-refractivity contribution in [1.29, 1.82) is 0 Å². The second-order valence-corrected chi connectivity index (χ2v) is 7.48. The molecular weight excluding hydrogens is 272 g/mol. The Labute approximate surface area is 124 Å². The molecule has 1 fully saturated rings. The van der Waals surface area contributed by atoms with Crippen molar-refractivity contribution in [2.45, 2.75) is 46.6 Å². The van der Waals surface area contributed by atoms with Gasteiger partial charge in [-0.25, -0.2) is 4.98 Å². The third kappa shape index (κ3) is 3.62. The lowest BCUT2D eigenvalue weighted by atomic mass is 9.81. The monoisotopic (exact) mass is 296 g/mol. The number of aromatic nitrogens is 1. The number of nitrogens with one attached hydrogen (secondary N) is 2. The van der Waals surface area contributed by atoms with Gasteiger partial charge in [0, 0.05) is 12.6 Å². The Morgan fingerprint density at radius 3 is 2.70 bits per heavy atom. The molecule has 1 aromatic heterocycles. The maximum absolute atomic E-state index is 12.2. The zero-order valence-corrected chi connectivity index (χ0v) is 13.4. The summed E-state index contributed by atoms with van der Waals surface area (Å²) in [6, 6.07) is 0.510. The van der Waals surface area contributed by atoms with E-state index >= 15 is 0 Å². The van der Waals surface area contributed by atoms with E-state index in [2.05, 4.69) is 43.3 Å². The fourth-order valence-corrected chi connectivity index (χ4v) is 2.43. The Morgan fingerprint density at radius 2 is 2.15 bits per heavy atom. The molecule has 5 nitrogen and oxygen atoms in total. The summed E-state index contributed by atoms with van der Waals surface area (Å²) in [5.41, 5.74) is 5.90. The second kappa shape index (κ2) is 5.60. The molecule has 6 heteroatoms. The van der Waals surface area contributed by atoms with Gasteiger partial charge in [0.1, 0.15) is 10.7 Å². The summed E-state index contributed by atoms with van der Waals surface area (Å²) in [7, 11) is 0. The zero-order valence-electron chi connectivity index (χ0n) is 12.6.